The lowest BCUT2D eigenvalue weighted by Crippen LogP contribution is -2.58. The van der Waals surface area contributed by atoms with Crippen molar-refractivity contribution in [3.05, 3.63) is 112 Å². The van der Waals surface area contributed by atoms with E-state index in [1.54, 1.807) is 30.5 Å². The summed E-state index contributed by atoms with van der Waals surface area (Å²) >= 11 is 1.58. The van der Waals surface area contributed by atoms with Gasteiger partial charge in [-0.3, -0.25) is 19.2 Å². The summed E-state index contributed by atoms with van der Waals surface area (Å²) in [7, 11) is 3.21. The third-order valence-electron chi connectivity index (χ3n) is 13.3. The Morgan fingerprint density at radius 2 is 1.65 bits per heavy atom. The summed E-state index contributed by atoms with van der Waals surface area (Å²) in [6.07, 6.45) is 12.1. The molecule has 2 aliphatic heterocycles. The second-order valence-electron chi connectivity index (χ2n) is 19.5. The molecule has 0 saturated carbocycles. The van der Waals surface area contributed by atoms with Crippen LogP contribution in [0.15, 0.2) is 96.0 Å². The predicted molar refractivity (Wildman–Crippen MR) is 283 cm³/mol. The molecule has 0 aliphatic carbocycles. The summed E-state index contributed by atoms with van der Waals surface area (Å²) in [5, 5.41) is 9.22. The van der Waals surface area contributed by atoms with Gasteiger partial charge in [0.1, 0.15) is 17.8 Å². The molecule has 374 valence electrons. The van der Waals surface area contributed by atoms with Gasteiger partial charge in [0, 0.05) is 35.0 Å². The van der Waals surface area contributed by atoms with E-state index in [1.807, 2.05) is 138 Å². The van der Waals surface area contributed by atoms with Gasteiger partial charge in [0.25, 0.3) is 0 Å². The van der Waals surface area contributed by atoms with Gasteiger partial charge in [-0.05, 0) is 123 Å². The Labute approximate surface area is 422 Å². The number of nitrogens with one attached hydrogen (secondary N) is 3. The number of fused-ring (bicyclic) bond motifs is 3. The average Bonchev–Trinajstić information content (AvgIpc) is 3.99. The number of benzene rings is 3. The highest BCUT2D eigenvalue weighted by Crippen LogP contribution is 2.42. The van der Waals surface area contributed by atoms with E-state index in [4.69, 9.17) is 19.2 Å². The molecule has 1 fully saturated rings. The molecule has 3 aromatic carbocycles. The summed E-state index contributed by atoms with van der Waals surface area (Å²) in [6, 6.07) is 21.9. The summed E-state index contributed by atoms with van der Waals surface area (Å²) in [6.45, 7) is 12.8. The van der Waals surface area contributed by atoms with Gasteiger partial charge in [0.15, 0.2) is 11.5 Å². The molecule has 5 aromatic rings. The molecule has 0 bridgehead atoms. The highest BCUT2D eigenvalue weighted by molar-refractivity contribution is 7.10. The van der Waals surface area contributed by atoms with Crippen LogP contribution in [0.2, 0.25) is 0 Å². The molecule has 0 spiro atoms. The lowest BCUT2D eigenvalue weighted by molar-refractivity contribution is -0.144. The monoisotopic (exact) mass is 980 g/mol. The van der Waals surface area contributed by atoms with Crippen molar-refractivity contribution in [1.82, 2.24) is 25.5 Å². The highest BCUT2D eigenvalue weighted by Gasteiger charge is 2.42. The molecule has 0 radical (unpaired) electrons. The minimum Gasteiger partial charge on any atom is -0.494 e. The molecule has 7 rings (SSSR count). The fourth-order valence-corrected chi connectivity index (χ4v) is 9.75. The molecular weight excluding hydrogens is 913 g/mol. The van der Waals surface area contributed by atoms with Crippen molar-refractivity contribution < 1.29 is 33.4 Å². The smallest absolute Gasteiger partial charge is 0.246 e. The Bertz CT molecular complexity index is 2760. The zero-order valence-corrected chi connectivity index (χ0v) is 43.2. The Kier molecular flexibility index (Phi) is 17.5. The number of hydrogen-bond donors (Lipinski definition) is 3. The zero-order chi connectivity index (χ0) is 50.7. The van der Waals surface area contributed by atoms with Crippen molar-refractivity contribution in [3.63, 3.8) is 0 Å². The van der Waals surface area contributed by atoms with E-state index in [0.717, 1.165) is 98.9 Å². The number of nitrogens with zero attached hydrogens (tertiary/aromatic N) is 3. The first-order valence-electron chi connectivity index (χ1n) is 24.7. The van der Waals surface area contributed by atoms with Crippen LogP contribution in [0, 0.1) is 12.3 Å². The molecule has 2 aliphatic rings. The quantitative estimate of drug-likeness (QED) is 0.0509. The first kappa shape index (κ1) is 52.0. The minimum absolute atomic E-state index is 0.107. The topological polar surface area (TPSA) is 161 Å². The number of pyridine rings is 1. The number of para-hydroxylation sites is 1. The van der Waals surface area contributed by atoms with E-state index in [9.17, 15) is 19.2 Å². The zero-order valence-electron chi connectivity index (χ0n) is 42.4. The number of likely N-dealkylation sites (tertiary alicyclic amines) is 1. The summed E-state index contributed by atoms with van der Waals surface area (Å²) < 4.78 is 17.3. The predicted octanol–water partition coefficient (Wildman–Crippen LogP) is 10.8. The Morgan fingerprint density at radius 3 is 2.38 bits per heavy atom. The lowest BCUT2D eigenvalue weighted by atomic mass is 9.85. The lowest BCUT2D eigenvalue weighted by Gasteiger charge is -2.35. The molecule has 14 heteroatoms. The number of carbonyl (C=O) groups is 4. The number of aryl methyl sites for hydroxylation is 1. The van der Waals surface area contributed by atoms with Crippen LogP contribution in [0.3, 0.4) is 0 Å². The van der Waals surface area contributed by atoms with Crippen LogP contribution in [-0.2, 0) is 25.6 Å². The van der Waals surface area contributed by atoms with Crippen LogP contribution in [0.25, 0.3) is 39.7 Å². The number of carbonyl (C=O) groups excluding carboxylic acids is 4. The molecular formula is C57H68N6O7S. The maximum absolute atomic E-state index is 14.1. The van der Waals surface area contributed by atoms with Gasteiger partial charge in [-0.25, -0.2) is 9.97 Å². The van der Waals surface area contributed by atoms with E-state index in [-0.39, 0.29) is 36.1 Å². The number of ether oxygens (including phenoxy) is 3. The maximum atomic E-state index is 14.1. The highest BCUT2D eigenvalue weighted by atomic mass is 32.1. The van der Waals surface area contributed by atoms with E-state index < -0.39 is 17.5 Å². The second kappa shape index (κ2) is 23.9. The van der Waals surface area contributed by atoms with Crippen LogP contribution < -0.4 is 30.2 Å². The molecule has 2 aromatic heterocycles. The Morgan fingerprint density at radius 1 is 0.915 bits per heavy atom. The van der Waals surface area contributed by atoms with Gasteiger partial charge in [-0.2, -0.15) is 0 Å². The molecule has 3 unspecified atom stereocenters. The SMILES string of the molecule is COc1ccc(-c2cc(-c3ccc(OCCCCCCCC(=O)NC(C(=O)N4CCCC4C(=O)NC(C)/C(C)=C/C=C/c4scnc4C)C(C)(C)C)cc3)nc3c2CC(=O)Nc2ccccc2-3)cc1OC. The number of methoxy groups -OCH3 is 2. The Hall–Kier alpha value is -6.80. The van der Waals surface area contributed by atoms with Crippen molar-refractivity contribution in [3.8, 4) is 50.9 Å². The first-order valence-corrected chi connectivity index (χ1v) is 25.6. The van der Waals surface area contributed by atoms with Crippen molar-refractivity contribution in [2.45, 2.75) is 117 Å². The number of hydrogen-bond acceptors (Lipinski definition) is 10. The number of unbranched alkanes of at least 4 members (excludes halogenated alkanes) is 4. The normalized spacial score (nSPS) is 15.5. The van der Waals surface area contributed by atoms with E-state index in [2.05, 4.69) is 20.9 Å². The van der Waals surface area contributed by atoms with Crippen LogP contribution in [-0.4, -0.2) is 84.0 Å². The fourth-order valence-electron chi connectivity index (χ4n) is 9.04. The number of amides is 4. The Balaban J connectivity index is 0.875. The third-order valence-corrected chi connectivity index (χ3v) is 14.2. The maximum Gasteiger partial charge on any atom is 0.246 e. The molecule has 13 nitrogen and oxygen atoms in total. The van der Waals surface area contributed by atoms with Crippen LogP contribution in [0.4, 0.5) is 5.69 Å². The molecule has 4 heterocycles. The van der Waals surface area contributed by atoms with Gasteiger partial charge < -0.3 is 35.1 Å². The van der Waals surface area contributed by atoms with Crippen LogP contribution >= 0.6 is 11.3 Å². The van der Waals surface area contributed by atoms with E-state index in [0.29, 0.717) is 43.9 Å². The average molecular weight is 981 g/mol. The van der Waals surface area contributed by atoms with Crippen molar-refractivity contribution in [2.75, 3.05) is 32.7 Å². The molecule has 3 N–H and O–H groups in total. The number of thiazole rings is 1. The number of aromatic nitrogens is 2. The summed E-state index contributed by atoms with van der Waals surface area (Å²) in [5.74, 6) is 1.31. The van der Waals surface area contributed by atoms with Gasteiger partial charge >= 0.3 is 0 Å². The minimum atomic E-state index is -0.753. The van der Waals surface area contributed by atoms with Gasteiger partial charge in [-0.1, -0.05) is 82.0 Å². The van der Waals surface area contributed by atoms with Gasteiger partial charge in [-0.15, -0.1) is 11.3 Å². The standard InChI is InChI=1S/C57H68N6O7S/c1-36(18-16-22-50-38(3)58-35-71-50)37(2)59-55(66)47-21-17-30-63(47)56(67)54(57(4,5)6)62-51(64)23-12-10-9-11-15-31-70-41-27-24-39(25-28-41)46-33-43(40-26-29-48(68-7)49(32-40)69-8)44-34-52(65)60-45-20-14-13-19-42(45)53(44)61-46/h13-14,16,18-20,22,24-29,32-33,35,37,47,54H,9-12,15,17,21,23,30-31,34H2,1-8H3,(H,59,66)(H,60,65)(H,62,64)/b22-16+,36-18+. The first-order chi connectivity index (χ1) is 34.1. The van der Waals surface area contributed by atoms with Crippen LogP contribution in [0.1, 0.15) is 102 Å². The van der Waals surface area contributed by atoms with E-state index in [1.165, 1.54) is 0 Å². The molecule has 71 heavy (non-hydrogen) atoms. The van der Waals surface area contributed by atoms with Crippen molar-refractivity contribution >= 4 is 46.7 Å². The molecule has 4 amide bonds. The molecule has 1 saturated heterocycles. The van der Waals surface area contributed by atoms with Crippen LogP contribution in [0.5, 0.6) is 17.2 Å². The molecule has 3 atom stereocenters. The number of allylic oxidation sites excluding steroid dienone is 2. The van der Waals surface area contributed by atoms with E-state index >= 15 is 0 Å². The summed E-state index contributed by atoms with van der Waals surface area (Å²) in [4.78, 5) is 66.3. The largest absolute Gasteiger partial charge is 0.494 e. The van der Waals surface area contributed by atoms with Gasteiger partial charge in [0.2, 0.25) is 23.6 Å². The van der Waals surface area contributed by atoms with Crippen molar-refractivity contribution in [1.29, 1.82) is 0 Å². The third kappa shape index (κ3) is 13.1. The summed E-state index contributed by atoms with van der Waals surface area (Å²) in [5.41, 5.74) is 9.84. The second-order valence-corrected chi connectivity index (χ2v) is 20.4. The fraction of sp³-hybridized carbons (Fsp3) is 0.404. The van der Waals surface area contributed by atoms with Gasteiger partial charge in [0.05, 0.1) is 55.5 Å². The number of anilines is 1. The number of rotatable bonds is 20. The van der Waals surface area contributed by atoms with Crippen molar-refractivity contribution in [2.24, 2.45) is 5.41 Å².